The summed E-state index contributed by atoms with van der Waals surface area (Å²) < 4.78 is 16.0. The molecule has 0 bridgehead atoms. The number of ether oxygens (including phenoxy) is 3. The van der Waals surface area contributed by atoms with Crippen molar-refractivity contribution in [3.05, 3.63) is 23.8 Å². The van der Waals surface area contributed by atoms with E-state index in [1.54, 1.807) is 7.11 Å². The van der Waals surface area contributed by atoms with E-state index in [2.05, 4.69) is 22.4 Å². The van der Waals surface area contributed by atoms with Crippen LogP contribution in [0.4, 0.5) is 0 Å². The summed E-state index contributed by atoms with van der Waals surface area (Å²) in [6.07, 6.45) is 5.99. The molecule has 25 heavy (non-hydrogen) atoms. The molecule has 3 rings (SSSR count). The molecule has 1 fully saturated rings. The third-order valence-electron chi connectivity index (χ3n) is 4.96. The van der Waals surface area contributed by atoms with Gasteiger partial charge in [0.1, 0.15) is 0 Å². The summed E-state index contributed by atoms with van der Waals surface area (Å²) in [5.74, 6) is 2.15. The maximum Gasteiger partial charge on any atom is 0.231 e. The summed E-state index contributed by atoms with van der Waals surface area (Å²) in [6.45, 7) is 2.28. The number of benzene rings is 1. The standard InChI is InChI=1S/C18H27N3O3.HI/c1-22-10-9-20-17(19)21-12-18(7-3-2-4-8-18)14-5-6-15-16(11-14)24-13-23-15;/h5-6,11H,2-4,7-10,12-13H2,1H3,(H3,19,20,21);1H. The molecule has 0 amide bonds. The van der Waals surface area contributed by atoms with Gasteiger partial charge in [0.05, 0.1) is 13.2 Å². The Kier molecular flexibility index (Phi) is 7.61. The Hall–Kier alpha value is -1.22. The van der Waals surface area contributed by atoms with E-state index in [1.807, 2.05) is 6.07 Å². The van der Waals surface area contributed by atoms with Crippen LogP contribution in [-0.2, 0) is 10.2 Å². The van der Waals surface area contributed by atoms with Crippen molar-refractivity contribution in [1.29, 1.82) is 0 Å². The number of aliphatic imine (C=N–C) groups is 1. The minimum Gasteiger partial charge on any atom is -0.454 e. The lowest BCUT2D eigenvalue weighted by atomic mass is 9.69. The summed E-state index contributed by atoms with van der Waals surface area (Å²) in [6, 6.07) is 6.29. The molecule has 0 radical (unpaired) electrons. The van der Waals surface area contributed by atoms with Crippen molar-refractivity contribution in [2.24, 2.45) is 10.7 Å². The number of methoxy groups -OCH3 is 1. The highest BCUT2D eigenvalue weighted by Crippen LogP contribution is 2.43. The molecule has 1 aliphatic carbocycles. The molecule has 140 valence electrons. The lowest BCUT2D eigenvalue weighted by Gasteiger charge is -2.36. The van der Waals surface area contributed by atoms with Crippen LogP contribution in [0.5, 0.6) is 11.5 Å². The average Bonchev–Trinajstić information content (AvgIpc) is 3.09. The fourth-order valence-electron chi connectivity index (χ4n) is 3.57. The number of halogens is 1. The lowest BCUT2D eigenvalue weighted by molar-refractivity contribution is 0.174. The smallest absolute Gasteiger partial charge is 0.231 e. The molecule has 0 spiro atoms. The van der Waals surface area contributed by atoms with Crippen molar-refractivity contribution in [1.82, 2.24) is 5.32 Å². The highest BCUT2D eigenvalue weighted by atomic mass is 127. The van der Waals surface area contributed by atoms with Crippen LogP contribution in [0.2, 0.25) is 0 Å². The van der Waals surface area contributed by atoms with E-state index < -0.39 is 0 Å². The van der Waals surface area contributed by atoms with E-state index in [9.17, 15) is 0 Å². The number of nitrogens with two attached hydrogens (primary N) is 1. The van der Waals surface area contributed by atoms with Gasteiger partial charge in [-0.1, -0.05) is 25.3 Å². The molecular formula is C18H28IN3O3. The van der Waals surface area contributed by atoms with Crippen molar-refractivity contribution in [2.75, 3.05) is 33.6 Å². The molecule has 0 atom stereocenters. The van der Waals surface area contributed by atoms with E-state index in [0.717, 1.165) is 24.3 Å². The van der Waals surface area contributed by atoms with Crippen LogP contribution in [0.15, 0.2) is 23.2 Å². The van der Waals surface area contributed by atoms with Crippen LogP contribution in [0.25, 0.3) is 0 Å². The van der Waals surface area contributed by atoms with Gasteiger partial charge in [-0.15, -0.1) is 24.0 Å². The van der Waals surface area contributed by atoms with Gasteiger partial charge < -0.3 is 25.3 Å². The molecule has 6 nitrogen and oxygen atoms in total. The van der Waals surface area contributed by atoms with E-state index in [0.29, 0.717) is 32.4 Å². The number of rotatable bonds is 6. The Bertz CT molecular complexity index is 589. The third kappa shape index (κ3) is 4.91. The molecule has 1 aliphatic heterocycles. The Labute approximate surface area is 166 Å². The number of nitrogens with zero attached hydrogens (tertiary/aromatic N) is 1. The lowest BCUT2D eigenvalue weighted by Crippen LogP contribution is -2.38. The largest absolute Gasteiger partial charge is 0.454 e. The van der Waals surface area contributed by atoms with Gasteiger partial charge in [-0.05, 0) is 30.5 Å². The van der Waals surface area contributed by atoms with Gasteiger partial charge in [0, 0.05) is 19.1 Å². The summed E-state index contributed by atoms with van der Waals surface area (Å²) >= 11 is 0. The Morgan fingerprint density at radius 1 is 1.24 bits per heavy atom. The zero-order valence-corrected chi connectivity index (χ0v) is 17.1. The van der Waals surface area contributed by atoms with E-state index in [-0.39, 0.29) is 29.4 Å². The van der Waals surface area contributed by atoms with Crippen LogP contribution in [0.3, 0.4) is 0 Å². The van der Waals surface area contributed by atoms with Crippen LogP contribution >= 0.6 is 24.0 Å². The van der Waals surface area contributed by atoms with Gasteiger partial charge in [-0.3, -0.25) is 4.99 Å². The molecular weight excluding hydrogens is 433 g/mol. The molecule has 0 unspecified atom stereocenters. The zero-order valence-electron chi connectivity index (χ0n) is 14.8. The maximum absolute atomic E-state index is 6.00. The molecule has 0 saturated heterocycles. The van der Waals surface area contributed by atoms with E-state index in [4.69, 9.17) is 19.9 Å². The van der Waals surface area contributed by atoms with Crippen molar-refractivity contribution < 1.29 is 14.2 Å². The van der Waals surface area contributed by atoms with E-state index in [1.165, 1.54) is 24.8 Å². The second-order valence-corrected chi connectivity index (χ2v) is 6.53. The maximum atomic E-state index is 6.00. The number of hydrogen-bond acceptors (Lipinski definition) is 4. The van der Waals surface area contributed by atoms with Gasteiger partial charge in [0.2, 0.25) is 6.79 Å². The number of fused-ring (bicyclic) bond motifs is 1. The number of nitrogens with one attached hydrogen (secondary N) is 1. The van der Waals surface area contributed by atoms with Gasteiger partial charge in [-0.25, -0.2) is 0 Å². The molecule has 1 saturated carbocycles. The van der Waals surface area contributed by atoms with Gasteiger partial charge >= 0.3 is 0 Å². The van der Waals surface area contributed by atoms with Crippen molar-refractivity contribution in [3.8, 4) is 11.5 Å². The summed E-state index contributed by atoms with van der Waals surface area (Å²) in [7, 11) is 1.67. The minimum absolute atomic E-state index is 0. The predicted molar refractivity (Wildman–Crippen MR) is 109 cm³/mol. The molecule has 1 heterocycles. The first-order chi connectivity index (χ1) is 11.7. The second-order valence-electron chi connectivity index (χ2n) is 6.53. The SMILES string of the molecule is COCCNC(N)=NCC1(c2ccc3c(c2)OCO3)CCCCC1.I. The van der Waals surface area contributed by atoms with Crippen molar-refractivity contribution in [3.63, 3.8) is 0 Å². The van der Waals surface area contributed by atoms with Gasteiger partial charge in [0.15, 0.2) is 17.5 Å². The summed E-state index contributed by atoms with van der Waals surface area (Å²) in [5.41, 5.74) is 7.31. The fraction of sp³-hybridized carbons (Fsp3) is 0.611. The second kappa shape index (κ2) is 9.47. The highest BCUT2D eigenvalue weighted by molar-refractivity contribution is 14.0. The Morgan fingerprint density at radius 2 is 2.00 bits per heavy atom. The zero-order chi connectivity index (χ0) is 16.8. The molecule has 1 aromatic carbocycles. The van der Waals surface area contributed by atoms with Crippen LogP contribution < -0.4 is 20.5 Å². The summed E-state index contributed by atoms with van der Waals surface area (Å²) in [5, 5.41) is 3.09. The van der Waals surface area contributed by atoms with Gasteiger partial charge in [-0.2, -0.15) is 0 Å². The van der Waals surface area contributed by atoms with E-state index >= 15 is 0 Å². The quantitative estimate of drug-likeness (QED) is 0.295. The van der Waals surface area contributed by atoms with Crippen molar-refractivity contribution in [2.45, 2.75) is 37.5 Å². The first-order valence-electron chi connectivity index (χ1n) is 8.66. The molecule has 7 heteroatoms. The fourth-order valence-corrected chi connectivity index (χ4v) is 3.57. The molecule has 3 N–H and O–H groups in total. The molecule has 2 aliphatic rings. The highest BCUT2D eigenvalue weighted by Gasteiger charge is 2.35. The number of guanidine groups is 1. The average molecular weight is 461 g/mol. The number of hydrogen-bond donors (Lipinski definition) is 2. The molecule has 0 aromatic heterocycles. The van der Waals surface area contributed by atoms with Crippen molar-refractivity contribution >= 4 is 29.9 Å². The first kappa shape index (κ1) is 20.1. The van der Waals surface area contributed by atoms with Gasteiger partial charge in [0.25, 0.3) is 0 Å². The monoisotopic (exact) mass is 461 g/mol. The minimum atomic E-state index is 0. The molecule has 1 aromatic rings. The summed E-state index contributed by atoms with van der Waals surface area (Å²) in [4.78, 5) is 4.62. The Morgan fingerprint density at radius 3 is 2.76 bits per heavy atom. The third-order valence-corrected chi connectivity index (χ3v) is 4.96. The normalized spacial score (nSPS) is 18.5. The van der Waals surface area contributed by atoms with Crippen LogP contribution in [0, 0.1) is 0 Å². The topological polar surface area (TPSA) is 78.1 Å². The Balaban J connectivity index is 0.00000225. The van der Waals surface area contributed by atoms with Crippen LogP contribution in [-0.4, -0.2) is 39.6 Å². The van der Waals surface area contributed by atoms with Crippen LogP contribution in [0.1, 0.15) is 37.7 Å². The predicted octanol–water partition coefficient (Wildman–Crippen LogP) is 2.79. The first-order valence-corrected chi connectivity index (χ1v) is 8.66.